The Kier molecular flexibility index (Phi) is 7.13. The smallest absolute Gasteiger partial charge is 0.323 e. The summed E-state index contributed by atoms with van der Waals surface area (Å²) in [4.78, 5) is 27.1. The van der Waals surface area contributed by atoms with Gasteiger partial charge >= 0.3 is 6.03 Å². The van der Waals surface area contributed by atoms with E-state index in [1.807, 2.05) is 0 Å². The average Bonchev–Trinajstić information content (AvgIpc) is 3.12. The molecule has 1 heterocycles. The molecule has 1 aromatic rings. The van der Waals surface area contributed by atoms with Crippen molar-refractivity contribution in [1.29, 1.82) is 0 Å². The first-order valence-electron chi connectivity index (χ1n) is 9.61. The number of rotatable bonds is 4. The Hall–Kier alpha value is -1.59. The SMILES string of the molecule is CS(=O)(=O)N1CCN(C(=O)Nc2ccc(Cl)c(Cl)c2)C1C(=O)NC1CCC(N)CC1. The molecule has 3 rings (SSSR count). The zero-order chi connectivity index (χ0) is 22.1. The molecule has 1 saturated heterocycles. The summed E-state index contributed by atoms with van der Waals surface area (Å²) in [5.41, 5.74) is 6.29. The van der Waals surface area contributed by atoms with Crippen LogP contribution in [-0.4, -0.2) is 67.2 Å². The summed E-state index contributed by atoms with van der Waals surface area (Å²) >= 11 is 11.9. The fourth-order valence-electron chi connectivity index (χ4n) is 3.75. The highest BCUT2D eigenvalue weighted by atomic mass is 35.5. The van der Waals surface area contributed by atoms with Crippen LogP contribution in [-0.2, 0) is 14.8 Å². The predicted octanol–water partition coefficient (Wildman–Crippen LogP) is 1.81. The molecular weight excluding hydrogens is 453 g/mol. The molecule has 2 fully saturated rings. The Morgan fingerprint density at radius 3 is 2.37 bits per heavy atom. The van der Waals surface area contributed by atoms with Crippen LogP contribution in [0, 0.1) is 0 Å². The molecule has 0 bridgehead atoms. The number of halogens is 2. The molecule has 166 valence electrons. The fraction of sp³-hybridized carbons (Fsp3) is 0.556. The van der Waals surface area contributed by atoms with E-state index in [2.05, 4.69) is 10.6 Å². The standard InChI is InChI=1S/C18H25Cl2N5O4S/c1-30(28,29)25-9-8-24(18(27)23-13-6-7-14(19)15(20)10-13)17(25)16(26)22-12-4-2-11(21)3-5-12/h6-7,10-12,17H,2-5,8-9,21H2,1H3,(H,22,26)(H,23,27). The first-order chi connectivity index (χ1) is 14.1. The van der Waals surface area contributed by atoms with Crippen molar-refractivity contribution in [3.8, 4) is 0 Å². The zero-order valence-electron chi connectivity index (χ0n) is 16.5. The number of carbonyl (C=O) groups is 2. The van der Waals surface area contributed by atoms with E-state index in [9.17, 15) is 18.0 Å². The van der Waals surface area contributed by atoms with Crippen LogP contribution in [0.5, 0.6) is 0 Å². The van der Waals surface area contributed by atoms with Crippen LogP contribution in [0.25, 0.3) is 0 Å². The Morgan fingerprint density at radius 1 is 1.10 bits per heavy atom. The highest BCUT2D eigenvalue weighted by Gasteiger charge is 2.45. The van der Waals surface area contributed by atoms with Gasteiger partial charge in [0, 0.05) is 30.9 Å². The molecule has 1 aliphatic carbocycles. The van der Waals surface area contributed by atoms with Crippen molar-refractivity contribution in [2.24, 2.45) is 5.73 Å². The van der Waals surface area contributed by atoms with Crippen molar-refractivity contribution in [3.63, 3.8) is 0 Å². The van der Waals surface area contributed by atoms with Crippen LogP contribution < -0.4 is 16.4 Å². The largest absolute Gasteiger partial charge is 0.350 e. The lowest BCUT2D eigenvalue weighted by molar-refractivity contribution is -0.128. The normalized spacial score (nSPS) is 25.2. The summed E-state index contributed by atoms with van der Waals surface area (Å²) < 4.78 is 25.5. The van der Waals surface area contributed by atoms with Gasteiger partial charge in [0.05, 0.1) is 16.3 Å². The first kappa shape index (κ1) is 23.1. The van der Waals surface area contributed by atoms with Crippen molar-refractivity contribution in [3.05, 3.63) is 28.2 Å². The summed E-state index contributed by atoms with van der Waals surface area (Å²) in [6, 6.07) is 3.99. The van der Waals surface area contributed by atoms with Crippen LogP contribution in [0.4, 0.5) is 10.5 Å². The third-order valence-corrected chi connectivity index (χ3v) is 7.31. The van der Waals surface area contributed by atoms with E-state index in [1.165, 1.54) is 17.0 Å². The van der Waals surface area contributed by atoms with Gasteiger partial charge in [-0.05, 0) is 43.9 Å². The third-order valence-electron chi connectivity index (χ3n) is 5.34. The Morgan fingerprint density at radius 2 is 1.77 bits per heavy atom. The molecule has 12 heteroatoms. The second kappa shape index (κ2) is 9.27. The van der Waals surface area contributed by atoms with Crippen LogP contribution in [0.15, 0.2) is 18.2 Å². The Bertz CT molecular complexity index is 921. The van der Waals surface area contributed by atoms with Crippen molar-refractivity contribution >= 4 is 50.9 Å². The number of hydrogen-bond acceptors (Lipinski definition) is 5. The molecule has 1 unspecified atom stereocenters. The van der Waals surface area contributed by atoms with Crippen LogP contribution in [0.2, 0.25) is 10.0 Å². The van der Waals surface area contributed by atoms with Gasteiger partial charge in [-0.2, -0.15) is 4.31 Å². The number of nitrogens with two attached hydrogens (primary N) is 1. The van der Waals surface area contributed by atoms with Crippen molar-refractivity contribution in [2.45, 2.75) is 43.9 Å². The molecule has 3 amide bonds. The summed E-state index contributed by atoms with van der Waals surface area (Å²) in [7, 11) is -3.71. The van der Waals surface area contributed by atoms with Gasteiger partial charge in [0.2, 0.25) is 10.0 Å². The van der Waals surface area contributed by atoms with Crippen LogP contribution in [0.3, 0.4) is 0 Å². The number of benzene rings is 1. The lowest BCUT2D eigenvalue weighted by Crippen LogP contribution is -2.56. The minimum Gasteiger partial charge on any atom is -0.350 e. The Balaban J connectivity index is 1.76. The average molecular weight is 478 g/mol. The minimum absolute atomic E-state index is 0.0290. The molecule has 0 spiro atoms. The quantitative estimate of drug-likeness (QED) is 0.609. The van der Waals surface area contributed by atoms with Crippen molar-refractivity contribution < 1.29 is 18.0 Å². The van der Waals surface area contributed by atoms with Gasteiger partial charge in [0.1, 0.15) is 0 Å². The molecule has 4 N–H and O–H groups in total. The number of nitrogens with zero attached hydrogens (tertiary/aromatic N) is 2. The second-order valence-corrected chi connectivity index (χ2v) is 10.4. The van der Waals surface area contributed by atoms with Crippen LogP contribution in [0.1, 0.15) is 25.7 Å². The van der Waals surface area contributed by atoms with Gasteiger partial charge in [0.25, 0.3) is 5.91 Å². The Labute approximate surface area is 185 Å². The molecular formula is C18H25Cl2N5O4S. The number of urea groups is 1. The van der Waals surface area contributed by atoms with Gasteiger partial charge in [-0.25, -0.2) is 13.2 Å². The van der Waals surface area contributed by atoms with E-state index < -0.39 is 28.1 Å². The molecule has 30 heavy (non-hydrogen) atoms. The first-order valence-corrected chi connectivity index (χ1v) is 12.2. The summed E-state index contributed by atoms with van der Waals surface area (Å²) in [6.07, 6.45) is 2.76. The van der Waals surface area contributed by atoms with E-state index in [0.717, 1.165) is 23.4 Å². The monoisotopic (exact) mass is 477 g/mol. The van der Waals surface area contributed by atoms with Gasteiger partial charge in [-0.1, -0.05) is 23.2 Å². The van der Waals surface area contributed by atoms with E-state index in [-0.39, 0.29) is 30.2 Å². The number of amides is 3. The number of nitrogens with one attached hydrogen (secondary N) is 2. The van der Waals surface area contributed by atoms with Gasteiger partial charge in [-0.15, -0.1) is 0 Å². The van der Waals surface area contributed by atoms with E-state index >= 15 is 0 Å². The lowest BCUT2D eigenvalue weighted by Gasteiger charge is -2.32. The number of sulfonamides is 1. The molecule has 1 atom stereocenters. The lowest BCUT2D eigenvalue weighted by atomic mass is 9.92. The van der Waals surface area contributed by atoms with E-state index in [1.54, 1.807) is 6.07 Å². The van der Waals surface area contributed by atoms with Gasteiger partial charge in [0.15, 0.2) is 6.17 Å². The van der Waals surface area contributed by atoms with Gasteiger partial charge in [-0.3, -0.25) is 9.69 Å². The second-order valence-electron chi connectivity index (χ2n) is 7.62. The summed E-state index contributed by atoms with van der Waals surface area (Å²) in [5.74, 6) is -0.525. The third kappa shape index (κ3) is 5.36. The minimum atomic E-state index is -3.71. The fourth-order valence-corrected chi connectivity index (χ4v) is 5.03. The highest BCUT2D eigenvalue weighted by Crippen LogP contribution is 2.26. The van der Waals surface area contributed by atoms with Crippen molar-refractivity contribution in [1.82, 2.24) is 14.5 Å². The number of hydrogen-bond donors (Lipinski definition) is 3. The maximum Gasteiger partial charge on any atom is 0.323 e. The maximum atomic E-state index is 13.0. The molecule has 0 radical (unpaired) electrons. The van der Waals surface area contributed by atoms with Crippen LogP contribution >= 0.6 is 23.2 Å². The van der Waals surface area contributed by atoms with Crippen molar-refractivity contribution in [2.75, 3.05) is 24.7 Å². The van der Waals surface area contributed by atoms with E-state index in [4.69, 9.17) is 28.9 Å². The predicted molar refractivity (Wildman–Crippen MR) is 116 cm³/mol. The molecule has 1 aliphatic heterocycles. The van der Waals surface area contributed by atoms with Gasteiger partial charge < -0.3 is 16.4 Å². The zero-order valence-corrected chi connectivity index (χ0v) is 18.8. The summed E-state index contributed by atoms with van der Waals surface area (Å²) in [5, 5.41) is 6.13. The molecule has 1 saturated carbocycles. The van der Waals surface area contributed by atoms with E-state index in [0.29, 0.717) is 23.6 Å². The molecule has 0 aromatic heterocycles. The molecule has 1 aromatic carbocycles. The molecule has 2 aliphatic rings. The number of anilines is 1. The highest BCUT2D eigenvalue weighted by molar-refractivity contribution is 7.88. The molecule has 9 nitrogen and oxygen atoms in total. The number of carbonyl (C=O) groups excluding carboxylic acids is 2. The topological polar surface area (TPSA) is 125 Å². The maximum absolute atomic E-state index is 13.0. The summed E-state index contributed by atoms with van der Waals surface area (Å²) in [6.45, 7) is 0.106.